The van der Waals surface area contributed by atoms with Crippen molar-refractivity contribution in [2.75, 3.05) is 6.26 Å². The molecule has 15 heavy (non-hydrogen) atoms. The Morgan fingerprint density at radius 3 is 2.67 bits per heavy atom. The number of hydrogen-bond acceptors (Lipinski definition) is 3. The van der Waals surface area contributed by atoms with Gasteiger partial charge in [0.25, 0.3) is 0 Å². The minimum absolute atomic E-state index is 0.341. The third-order valence-electron chi connectivity index (χ3n) is 3.01. The van der Waals surface area contributed by atoms with Crippen molar-refractivity contribution in [2.45, 2.75) is 45.1 Å². The molecule has 0 radical (unpaired) electrons. The number of aliphatic imine (C=N–C) groups is 1. The van der Waals surface area contributed by atoms with E-state index in [0.29, 0.717) is 12.0 Å². The highest BCUT2D eigenvalue weighted by molar-refractivity contribution is 8.13. The van der Waals surface area contributed by atoms with Crippen molar-refractivity contribution in [3.05, 3.63) is 0 Å². The molecule has 1 N–H and O–H groups in total. The number of nitrogens with one attached hydrogen (secondary N) is 1. The number of rotatable bonds is 2. The van der Waals surface area contributed by atoms with Gasteiger partial charge in [-0.2, -0.15) is 5.26 Å². The lowest BCUT2D eigenvalue weighted by atomic mass is 9.85. The van der Waals surface area contributed by atoms with Crippen LogP contribution in [0, 0.1) is 17.4 Å². The molecular formula is C11H19N3S. The third kappa shape index (κ3) is 4.13. The smallest absolute Gasteiger partial charge is 0.183 e. The van der Waals surface area contributed by atoms with Crippen LogP contribution in [0.3, 0.4) is 0 Å². The van der Waals surface area contributed by atoms with Gasteiger partial charge in [0.05, 0.1) is 6.04 Å². The van der Waals surface area contributed by atoms with Crippen LogP contribution in [-0.4, -0.2) is 17.5 Å². The Kier molecular flexibility index (Phi) is 5.56. The lowest BCUT2D eigenvalue weighted by Crippen LogP contribution is -2.23. The summed E-state index contributed by atoms with van der Waals surface area (Å²) in [6.45, 7) is 2.16. The lowest BCUT2D eigenvalue weighted by molar-refractivity contribution is 0.318. The molecule has 0 aromatic rings. The summed E-state index contributed by atoms with van der Waals surface area (Å²) in [5, 5.41) is 11.9. The first-order valence-electron chi connectivity index (χ1n) is 5.54. The van der Waals surface area contributed by atoms with Crippen molar-refractivity contribution in [3.8, 4) is 6.19 Å². The van der Waals surface area contributed by atoms with Crippen molar-refractivity contribution < 1.29 is 0 Å². The summed E-state index contributed by atoms with van der Waals surface area (Å²) < 4.78 is 0. The summed E-state index contributed by atoms with van der Waals surface area (Å²) in [6, 6.07) is 0.341. The monoisotopic (exact) mass is 225 g/mol. The summed E-state index contributed by atoms with van der Waals surface area (Å²) in [6.07, 6.45) is 10.5. The van der Waals surface area contributed by atoms with Gasteiger partial charge in [-0.25, -0.2) is 0 Å². The highest BCUT2D eigenvalue weighted by Gasteiger charge is 2.19. The van der Waals surface area contributed by atoms with Crippen LogP contribution in [0.2, 0.25) is 0 Å². The van der Waals surface area contributed by atoms with Crippen LogP contribution in [0.5, 0.6) is 0 Å². The predicted molar refractivity (Wildman–Crippen MR) is 65.7 cm³/mol. The van der Waals surface area contributed by atoms with Gasteiger partial charge in [-0.05, 0) is 31.9 Å². The van der Waals surface area contributed by atoms with Gasteiger partial charge in [-0.1, -0.05) is 31.0 Å². The third-order valence-corrected chi connectivity index (χ3v) is 3.60. The summed E-state index contributed by atoms with van der Waals surface area (Å²) in [5.41, 5.74) is 0. The molecular weight excluding hydrogens is 206 g/mol. The minimum Gasteiger partial charge on any atom is -0.272 e. The van der Waals surface area contributed by atoms with Gasteiger partial charge in [0.15, 0.2) is 11.4 Å². The molecule has 0 spiro atoms. The van der Waals surface area contributed by atoms with Crippen LogP contribution in [0.4, 0.5) is 0 Å². The van der Waals surface area contributed by atoms with Crippen molar-refractivity contribution in [1.82, 2.24) is 5.32 Å². The molecule has 1 aliphatic carbocycles. The first-order chi connectivity index (χ1) is 7.27. The Morgan fingerprint density at radius 1 is 1.47 bits per heavy atom. The maximum atomic E-state index is 8.54. The van der Waals surface area contributed by atoms with E-state index in [-0.39, 0.29) is 0 Å². The van der Waals surface area contributed by atoms with Gasteiger partial charge in [0, 0.05) is 0 Å². The zero-order valence-electron chi connectivity index (χ0n) is 9.49. The molecule has 4 heteroatoms. The fourth-order valence-corrected chi connectivity index (χ4v) is 2.51. The van der Waals surface area contributed by atoms with Gasteiger partial charge in [-0.15, -0.1) is 0 Å². The molecule has 1 unspecified atom stereocenters. The molecule has 0 aromatic carbocycles. The van der Waals surface area contributed by atoms with Crippen molar-refractivity contribution in [3.63, 3.8) is 0 Å². The van der Waals surface area contributed by atoms with E-state index >= 15 is 0 Å². The Bertz CT molecular complexity index is 251. The second-order valence-corrected chi connectivity index (χ2v) is 4.81. The molecule has 0 amide bonds. The van der Waals surface area contributed by atoms with E-state index in [1.807, 2.05) is 12.4 Å². The molecule has 0 bridgehead atoms. The standard InChI is InChI=1S/C11H19N3S/c1-9(10-6-4-3-5-7-10)14-11(15-2)13-8-12/h9-10H,3-7H2,1-2H3,(H,13,14). The van der Waals surface area contributed by atoms with Gasteiger partial charge in [0.1, 0.15) is 0 Å². The second-order valence-electron chi connectivity index (χ2n) is 4.01. The van der Waals surface area contributed by atoms with Crippen LogP contribution in [-0.2, 0) is 0 Å². The zero-order valence-corrected chi connectivity index (χ0v) is 10.3. The lowest BCUT2D eigenvalue weighted by Gasteiger charge is -2.25. The van der Waals surface area contributed by atoms with Gasteiger partial charge < -0.3 is 0 Å². The molecule has 0 aromatic heterocycles. The SMILES string of the molecule is CSC(=NC(C)C1CCCCC1)NC#N. The molecule has 0 heterocycles. The number of hydrogen-bond donors (Lipinski definition) is 1. The zero-order chi connectivity index (χ0) is 11.1. The maximum absolute atomic E-state index is 8.54. The Balaban J connectivity index is 2.50. The van der Waals surface area contributed by atoms with Crippen molar-refractivity contribution in [1.29, 1.82) is 5.26 Å². The average molecular weight is 225 g/mol. The molecule has 1 rings (SSSR count). The Hall–Kier alpha value is -0.690. The number of nitriles is 1. The molecule has 1 saturated carbocycles. The second kappa shape index (κ2) is 6.73. The van der Waals surface area contributed by atoms with E-state index in [1.165, 1.54) is 43.9 Å². The number of thioether (sulfide) groups is 1. The average Bonchev–Trinajstić information content (AvgIpc) is 2.29. The van der Waals surface area contributed by atoms with Gasteiger partial charge in [0.2, 0.25) is 0 Å². The predicted octanol–water partition coefficient (Wildman–Crippen LogP) is 2.74. The van der Waals surface area contributed by atoms with Crippen LogP contribution in [0.1, 0.15) is 39.0 Å². The first kappa shape index (κ1) is 12.4. The summed E-state index contributed by atoms with van der Waals surface area (Å²) >= 11 is 1.50. The van der Waals surface area contributed by atoms with E-state index in [0.717, 1.165) is 5.17 Å². The Morgan fingerprint density at radius 2 is 2.13 bits per heavy atom. The quantitative estimate of drug-likeness (QED) is 0.340. The van der Waals surface area contributed by atoms with E-state index in [9.17, 15) is 0 Å². The molecule has 3 nitrogen and oxygen atoms in total. The van der Waals surface area contributed by atoms with Gasteiger partial charge in [-0.3, -0.25) is 10.3 Å². The number of nitrogens with zero attached hydrogens (tertiary/aromatic N) is 2. The normalized spacial score (nSPS) is 20.7. The number of amidine groups is 1. The molecule has 1 aliphatic rings. The van der Waals surface area contributed by atoms with Gasteiger partial charge >= 0.3 is 0 Å². The van der Waals surface area contributed by atoms with E-state index < -0.39 is 0 Å². The van der Waals surface area contributed by atoms with Crippen LogP contribution < -0.4 is 5.32 Å². The molecule has 84 valence electrons. The topological polar surface area (TPSA) is 48.2 Å². The summed E-state index contributed by atoms with van der Waals surface area (Å²) in [7, 11) is 0. The van der Waals surface area contributed by atoms with Crippen LogP contribution in [0.15, 0.2) is 4.99 Å². The summed E-state index contributed by atoms with van der Waals surface area (Å²) in [5.74, 6) is 0.710. The highest BCUT2D eigenvalue weighted by atomic mass is 32.2. The van der Waals surface area contributed by atoms with Crippen molar-refractivity contribution >= 4 is 16.9 Å². The fourth-order valence-electron chi connectivity index (χ4n) is 2.09. The minimum atomic E-state index is 0.341. The molecule has 1 fully saturated rings. The van der Waals surface area contributed by atoms with Crippen LogP contribution in [0.25, 0.3) is 0 Å². The summed E-state index contributed by atoms with van der Waals surface area (Å²) in [4.78, 5) is 4.55. The fraction of sp³-hybridized carbons (Fsp3) is 0.818. The first-order valence-corrected chi connectivity index (χ1v) is 6.77. The molecule has 0 aliphatic heterocycles. The Labute approximate surface area is 96.3 Å². The highest BCUT2D eigenvalue weighted by Crippen LogP contribution is 2.28. The molecule has 0 saturated heterocycles. The molecule has 1 atom stereocenters. The van der Waals surface area contributed by atoms with E-state index in [2.05, 4.69) is 17.2 Å². The largest absolute Gasteiger partial charge is 0.272 e. The van der Waals surface area contributed by atoms with Crippen molar-refractivity contribution in [2.24, 2.45) is 10.9 Å². The van der Waals surface area contributed by atoms with E-state index in [4.69, 9.17) is 5.26 Å². The van der Waals surface area contributed by atoms with Crippen LogP contribution >= 0.6 is 11.8 Å². The maximum Gasteiger partial charge on any atom is 0.183 e. The van der Waals surface area contributed by atoms with E-state index in [1.54, 1.807) is 0 Å².